The van der Waals surface area contributed by atoms with Crippen LogP contribution in [-0.4, -0.2) is 23.8 Å². The van der Waals surface area contributed by atoms with E-state index in [0.29, 0.717) is 0 Å². The third kappa shape index (κ3) is 2.58. The fraction of sp³-hybridized carbons (Fsp3) is 0.462. The normalized spacial score (nSPS) is 16.1. The Morgan fingerprint density at radius 2 is 2.27 bits per heavy atom. The number of nitrogens with zero attached hydrogens (tertiary/aromatic N) is 1. The van der Waals surface area contributed by atoms with Crippen LogP contribution in [0.5, 0.6) is 0 Å². The van der Waals surface area contributed by atoms with Crippen LogP contribution >= 0.6 is 0 Å². The molecule has 0 bridgehead atoms. The van der Waals surface area contributed by atoms with Crippen molar-refractivity contribution in [3.8, 4) is 0 Å². The Kier molecular flexibility index (Phi) is 3.05. The molecule has 1 aromatic carbocycles. The number of likely N-dealkylation sites (tertiary alicyclic amines) is 1. The third-order valence-electron chi connectivity index (χ3n) is 2.98. The average molecular weight is 202 g/mol. The summed E-state index contributed by atoms with van der Waals surface area (Å²) in [6.07, 6.45) is 3.19. The van der Waals surface area contributed by atoms with E-state index >= 15 is 0 Å². The highest BCUT2D eigenvalue weighted by Gasteiger charge is 2.15. The predicted octanol–water partition coefficient (Wildman–Crippen LogP) is 2.61. The molecular formula is C13H18N2. The van der Waals surface area contributed by atoms with Crippen LogP contribution in [0.3, 0.4) is 0 Å². The molecule has 0 aliphatic carbocycles. The first-order valence-electron chi connectivity index (χ1n) is 5.63. The van der Waals surface area contributed by atoms with Gasteiger partial charge in [-0.1, -0.05) is 29.8 Å². The van der Waals surface area contributed by atoms with Gasteiger partial charge in [-0.15, -0.1) is 0 Å². The number of aryl methyl sites for hydroxylation is 1. The van der Waals surface area contributed by atoms with Gasteiger partial charge < -0.3 is 4.90 Å². The average Bonchev–Trinajstić information content (AvgIpc) is 2.61. The Bertz CT molecular complexity index is 357. The van der Waals surface area contributed by atoms with Crippen LogP contribution in [0.15, 0.2) is 24.3 Å². The molecule has 1 aliphatic heterocycles. The zero-order chi connectivity index (χ0) is 10.7. The topological polar surface area (TPSA) is 27.1 Å². The molecule has 2 rings (SSSR count). The lowest BCUT2D eigenvalue weighted by molar-refractivity contribution is 0.455. The number of nitrogens with one attached hydrogen (secondary N) is 1. The maximum absolute atomic E-state index is 7.74. The van der Waals surface area contributed by atoms with Crippen LogP contribution in [0, 0.1) is 12.3 Å². The van der Waals surface area contributed by atoms with Gasteiger partial charge in [-0.2, -0.15) is 0 Å². The summed E-state index contributed by atoms with van der Waals surface area (Å²) >= 11 is 0. The van der Waals surface area contributed by atoms with E-state index in [2.05, 4.69) is 36.1 Å². The molecule has 1 saturated heterocycles. The van der Waals surface area contributed by atoms with Crippen molar-refractivity contribution < 1.29 is 0 Å². The van der Waals surface area contributed by atoms with Gasteiger partial charge in [-0.3, -0.25) is 5.41 Å². The first kappa shape index (κ1) is 10.2. The van der Waals surface area contributed by atoms with E-state index in [9.17, 15) is 0 Å². The maximum atomic E-state index is 7.74. The minimum Gasteiger partial charge on any atom is -0.360 e. The molecule has 0 spiro atoms. The molecule has 15 heavy (non-hydrogen) atoms. The molecule has 1 N–H and O–H groups in total. The van der Waals surface area contributed by atoms with Crippen LogP contribution in [0.4, 0.5) is 0 Å². The molecule has 80 valence electrons. The van der Waals surface area contributed by atoms with Crippen molar-refractivity contribution in [2.75, 3.05) is 13.1 Å². The number of amidine groups is 1. The molecule has 2 nitrogen and oxygen atoms in total. The first-order chi connectivity index (χ1) is 7.25. The van der Waals surface area contributed by atoms with Gasteiger partial charge in [0, 0.05) is 19.5 Å². The quantitative estimate of drug-likeness (QED) is 0.801. The second-order valence-corrected chi connectivity index (χ2v) is 4.28. The zero-order valence-corrected chi connectivity index (χ0v) is 9.29. The molecule has 2 heteroatoms. The second-order valence-electron chi connectivity index (χ2n) is 4.28. The Morgan fingerprint density at radius 3 is 2.93 bits per heavy atom. The monoisotopic (exact) mass is 202 g/mol. The molecule has 1 fully saturated rings. The van der Waals surface area contributed by atoms with Crippen molar-refractivity contribution in [3.05, 3.63) is 35.4 Å². The van der Waals surface area contributed by atoms with Gasteiger partial charge in [0.1, 0.15) is 0 Å². The highest BCUT2D eigenvalue weighted by molar-refractivity contribution is 5.80. The molecule has 0 amide bonds. The summed E-state index contributed by atoms with van der Waals surface area (Å²) in [5, 5.41) is 7.74. The van der Waals surface area contributed by atoms with Gasteiger partial charge in [0.2, 0.25) is 0 Å². The predicted molar refractivity (Wildman–Crippen MR) is 63.4 cm³/mol. The molecule has 1 heterocycles. The van der Waals surface area contributed by atoms with Gasteiger partial charge >= 0.3 is 0 Å². The summed E-state index contributed by atoms with van der Waals surface area (Å²) in [5.41, 5.74) is 2.71. The van der Waals surface area contributed by atoms with E-state index in [0.717, 1.165) is 38.2 Å². The SMILES string of the molecule is Cc1cccc(CCN2CCCC2=N)c1. The summed E-state index contributed by atoms with van der Waals surface area (Å²) in [4.78, 5) is 2.20. The van der Waals surface area contributed by atoms with Gasteiger partial charge in [-0.05, 0) is 25.3 Å². The minimum absolute atomic E-state index is 0.822. The largest absolute Gasteiger partial charge is 0.360 e. The zero-order valence-electron chi connectivity index (χ0n) is 9.29. The smallest absolute Gasteiger partial charge is 0.0958 e. The Labute approximate surface area is 91.4 Å². The van der Waals surface area contributed by atoms with Crippen molar-refractivity contribution in [1.29, 1.82) is 5.41 Å². The lowest BCUT2D eigenvalue weighted by atomic mass is 10.1. The number of hydrogen-bond donors (Lipinski definition) is 1. The van der Waals surface area contributed by atoms with E-state index in [-0.39, 0.29) is 0 Å². The van der Waals surface area contributed by atoms with Crippen LogP contribution in [0.2, 0.25) is 0 Å². The molecule has 0 atom stereocenters. The van der Waals surface area contributed by atoms with Crippen LogP contribution in [-0.2, 0) is 6.42 Å². The van der Waals surface area contributed by atoms with Crippen molar-refractivity contribution in [2.24, 2.45) is 0 Å². The van der Waals surface area contributed by atoms with E-state index in [4.69, 9.17) is 5.41 Å². The fourth-order valence-electron chi connectivity index (χ4n) is 2.11. The fourth-order valence-corrected chi connectivity index (χ4v) is 2.11. The summed E-state index contributed by atoms with van der Waals surface area (Å²) in [7, 11) is 0. The van der Waals surface area contributed by atoms with Crippen LogP contribution in [0.25, 0.3) is 0 Å². The van der Waals surface area contributed by atoms with E-state index < -0.39 is 0 Å². The van der Waals surface area contributed by atoms with Gasteiger partial charge in [0.25, 0.3) is 0 Å². The van der Waals surface area contributed by atoms with Gasteiger partial charge in [0.05, 0.1) is 5.84 Å². The third-order valence-corrected chi connectivity index (χ3v) is 2.98. The number of hydrogen-bond acceptors (Lipinski definition) is 1. The first-order valence-corrected chi connectivity index (χ1v) is 5.63. The van der Waals surface area contributed by atoms with Crippen LogP contribution in [0.1, 0.15) is 24.0 Å². The summed E-state index contributed by atoms with van der Waals surface area (Å²) in [5.74, 6) is 0.822. The molecule has 0 radical (unpaired) electrons. The molecular weight excluding hydrogens is 184 g/mol. The van der Waals surface area contributed by atoms with E-state index in [1.807, 2.05) is 0 Å². The maximum Gasteiger partial charge on any atom is 0.0958 e. The Balaban J connectivity index is 1.90. The van der Waals surface area contributed by atoms with Crippen molar-refractivity contribution >= 4 is 5.84 Å². The van der Waals surface area contributed by atoms with Crippen molar-refractivity contribution in [1.82, 2.24) is 4.90 Å². The van der Waals surface area contributed by atoms with E-state index in [1.54, 1.807) is 0 Å². The molecule has 0 unspecified atom stereocenters. The van der Waals surface area contributed by atoms with E-state index in [1.165, 1.54) is 11.1 Å². The second kappa shape index (κ2) is 4.47. The van der Waals surface area contributed by atoms with Crippen LogP contribution < -0.4 is 0 Å². The van der Waals surface area contributed by atoms with Gasteiger partial charge in [-0.25, -0.2) is 0 Å². The Hall–Kier alpha value is -1.31. The lowest BCUT2D eigenvalue weighted by Crippen LogP contribution is -2.26. The lowest BCUT2D eigenvalue weighted by Gasteiger charge is -2.17. The van der Waals surface area contributed by atoms with Crippen molar-refractivity contribution in [3.63, 3.8) is 0 Å². The standard InChI is InChI=1S/C13H18N2/c1-11-4-2-5-12(10-11)7-9-15-8-3-6-13(15)14/h2,4-5,10,14H,3,6-9H2,1H3. The highest BCUT2D eigenvalue weighted by atomic mass is 15.2. The Morgan fingerprint density at radius 1 is 1.40 bits per heavy atom. The van der Waals surface area contributed by atoms with Gasteiger partial charge in [0.15, 0.2) is 0 Å². The molecule has 1 aliphatic rings. The summed E-state index contributed by atoms with van der Waals surface area (Å²) < 4.78 is 0. The highest BCUT2D eigenvalue weighted by Crippen LogP contribution is 2.12. The number of rotatable bonds is 3. The number of benzene rings is 1. The molecule has 0 saturated carbocycles. The molecule has 0 aromatic heterocycles. The minimum atomic E-state index is 0.822. The molecule has 1 aromatic rings. The summed E-state index contributed by atoms with van der Waals surface area (Å²) in [6.45, 7) is 4.20. The van der Waals surface area contributed by atoms with Crippen molar-refractivity contribution in [2.45, 2.75) is 26.2 Å². The summed E-state index contributed by atoms with van der Waals surface area (Å²) in [6, 6.07) is 8.65.